The summed E-state index contributed by atoms with van der Waals surface area (Å²) in [5.41, 5.74) is 3.03. The highest BCUT2D eigenvalue weighted by Crippen LogP contribution is 2.30. The largest absolute Gasteiger partial charge is 0.364 e. The van der Waals surface area contributed by atoms with Gasteiger partial charge in [0.15, 0.2) is 11.5 Å². The molecule has 0 amide bonds. The number of hydrogen-bond donors (Lipinski definition) is 2. The summed E-state index contributed by atoms with van der Waals surface area (Å²) in [4.78, 5) is 22.5. The quantitative estimate of drug-likeness (QED) is 0.526. The van der Waals surface area contributed by atoms with Crippen molar-refractivity contribution in [1.82, 2.24) is 24.9 Å². The third-order valence-corrected chi connectivity index (χ3v) is 5.49. The minimum Gasteiger partial charge on any atom is -0.364 e. The molecule has 4 aromatic rings. The van der Waals surface area contributed by atoms with Crippen molar-refractivity contribution in [2.24, 2.45) is 0 Å². The Hall–Kier alpha value is -3.00. The topological polar surface area (TPSA) is 82.6 Å². The summed E-state index contributed by atoms with van der Waals surface area (Å²) >= 11 is 6.38. The number of piperidine rings is 1. The van der Waals surface area contributed by atoms with Crippen LogP contribution in [0.4, 0.5) is 16.0 Å². The number of halogens is 2. The molecule has 1 fully saturated rings. The molecule has 1 aliphatic heterocycles. The number of anilines is 2. The van der Waals surface area contributed by atoms with Crippen LogP contribution in [0.25, 0.3) is 22.1 Å². The van der Waals surface area contributed by atoms with E-state index in [1.807, 2.05) is 23.1 Å². The Morgan fingerprint density at radius 1 is 1.28 bits per heavy atom. The van der Waals surface area contributed by atoms with E-state index in [0.717, 1.165) is 40.8 Å². The van der Waals surface area contributed by atoms with E-state index >= 15 is 0 Å². The van der Waals surface area contributed by atoms with Gasteiger partial charge < -0.3 is 15.2 Å². The minimum absolute atomic E-state index is 0.342. The Morgan fingerprint density at radius 3 is 3.10 bits per heavy atom. The van der Waals surface area contributed by atoms with Gasteiger partial charge in [-0.05, 0) is 25.0 Å². The van der Waals surface area contributed by atoms with Gasteiger partial charge in [-0.2, -0.15) is 0 Å². The molecule has 2 N–H and O–H groups in total. The standard InChI is InChI=1S/C20H19ClFN7/c21-15-5-1-3-12-7-13(8-23-18-17-19(25-10-24-17)27-11-26-18)20(28-16(12)15)29-6-2-4-14(22)9-29/h1,3,5,7,10-11,14H,2,4,6,8-9H2,(H2,23,24,25,26,27). The van der Waals surface area contributed by atoms with E-state index in [-0.39, 0.29) is 0 Å². The molecule has 7 nitrogen and oxygen atoms in total. The van der Waals surface area contributed by atoms with Crippen molar-refractivity contribution >= 4 is 45.3 Å². The van der Waals surface area contributed by atoms with Gasteiger partial charge in [-0.3, -0.25) is 0 Å². The van der Waals surface area contributed by atoms with E-state index in [1.54, 1.807) is 6.33 Å². The molecule has 5 rings (SSSR count). The normalized spacial score (nSPS) is 17.2. The maximum atomic E-state index is 14.1. The molecular weight excluding hydrogens is 393 g/mol. The molecule has 0 radical (unpaired) electrons. The van der Waals surface area contributed by atoms with Crippen molar-refractivity contribution in [3.8, 4) is 0 Å². The first kappa shape index (κ1) is 18.1. The molecule has 0 saturated carbocycles. The molecule has 0 bridgehead atoms. The van der Waals surface area contributed by atoms with Gasteiger partial charge in [0.25, 0.3) is 0 Å². The van der Waals surface area contributed by atoms with Crippen molar-refractivity contribution in [2.45, 2.75) is 25.6 Å². The average Bonchev–Trinajstić information content (AvgIpc) is 3.21. The summed E-state index contributed by atoms with van der Waals surface area (Å²) in [6.07, 6.45) is 3.61. The number of alkyl halides is 1. The molecule has 0 spiro atoms. The third-order valence-electron chi connectivity index (χ3n) is 5.19. The van der Waals surface area contributed by atoms with Crippen LogP contribution in [-0.4, -0.2) is 44.2 Å². The lowest BCUT2D eigenvalue weighted by atomic mass is 10.1. The second-order valence-electron chi connectivity index (χ2n) is 7.15. The van der Waals surface area contributed by atoms with Crippen LogP contribution in [0.15, 0.2) is 36.9 Å². The fourth-order valence-electron chi connectivity index (χ4n) is 3.80. The molecule has 1 unspecified atom stereocenters. The zero-order valence-corrected chi connectivity index (χ0v) is 16.3. The fourth-order valence-corrected chi connectivity index (χ4v) is 4.02. The number of hydrogen-bond acceptors (Lipinski definition) is 6. The van der Waals surface area contributed by atoms with Crippen LogP contribution in [-0.2, 0) is 6.54 Å². The SMILES string of the molecule is FC1CCCN(c2nc3c(Cl)cccc3cc2CNc2ncnc3nc[nH]c23)C1. The van der Waals surface area contributed by atoms with Crippen molar-refractivity contribution in [3.63, 3.8) is 0 Å². The first-order chi connectivity index (χ1) is 14.2. The Balaban J connectivity index is 1.54. The Bertz CT molecular complexity index is 1180. The predicted octanol–water partition coefficient (Wildman–Crippen LogP) is 4.10. The summed E-state index contributed by atoms with van der Waals surface area (Å²) < 4.78 is 14.1. The molecule has 9 heteroatoms. The average molecular weight is 412 g/mol. The van der Waals surface area contributed by atoms with Gasteiger partial charge >= 0.3 is 0 Å². The first-order valence-electron chi connectivity index (χ1n) is 9.54. The summed E-state index contributed by atoms with van der Waals surface area (Å²) in [5, 5.41) is 4.88. The molecule has 4 heterocycles. The molecule has 29 heavy (non-hydrogen) atoms. The lowest BCUT2D eigenvalue weighted by Crippen LogP contribution is -2.37. The number of nitrogens with one attached hydrogen (secondary N) is 2. The van der Waals surface area contributed by atoms with Gasteiger partial charge in [0.2, 0.25) is 0 Å². The number of rotatable bonds is 4. The molecule has 148 valence electrons. The third kappa shape index (κ3) is 3.44. The van der Waals surface area contributed by atoms with Crippen molar-refractivity contribution in [3.05, 3.63) is 47.5 Å². The van der Waals surface area contributed by atoms with Gasteiger partial charge in [0.05, 0.1) is 23.4 Å². The highest BCUT2D eigenvalue weighted by atomic mass is 35.5. The summed E-state index contributed by atoms with van der Waals surface area (Å²) in [6, 6.07) is 7.76. The van der Waals surface area contributed by atoms with Gasteiger partial charge in [-0.1, -0.05) is 23.7 Å². The monoisotopic (exact) mass is 411 g/mol. The van der Waals surface area contributed by atoms with Crippen LogP contribution < -0.4 is 10.2 Å². The Kier molecular flexibility index (Phi) is 4.63. The van der Waals surface area contributed by atoms with E-state index in [0.29, 0.717) is 36.0 Å². The van der Waals surface area contributed by atoms with E-state index < -0.39 is 6.17 Å². The molecule has 3 aromatic heterocycles. The number of aromatic nitrogens is 5. The first-order valence-corrected chi connectivity index (χ1v) is 9.92. The van der Waals surface area contributed by atoms with Gasteiger partial charge in [-0.15, -0.1) is 0 Å². The Morgan fingerprint density at radius 2 is 2.21 bits per heavy atom. The maximum Gasteiger partial charge on any atom is 0.182 e. The number of H-pyrrole nitrogens is 1. The predicted molar refractivity (Wildman–Crippen MR) is 112 cm³/mol. The summed E-state index contributed by atoms with van der Waals surface area (Å²) in [7, 11) is 0. The second kappa shape index (κ2) is 7.44. The van der Waals surface area contributed by atoms with Crippen molar-refractivity contribution in [1.29, 1.82) is 0 Å². The van der Waals surface area contributed by atoms with Crippen molar-refractivity contribution in [2.75, 3.05) is 23.3 Å². The van der Waals surface area contributed by atoms with Crippen LogP contribution >= 0.6 is 11.6 Å². The molecule has 0 aliphatic carbocycles. The van der Waals surface area contributed by atoms with E-state index in [2.05, 4.69) is 31.3 Å². The smallest absolute Gasteiger partial charge is 0.182 e. The number of fused-ring (bicyclic) bond motifs is 2. The molecular formula is C20H19ClFN7. The zero-order valence-electron chi connectivity index (χ0n) is 15.6. The number of aromatic amines is 1. The summed E-state index contributed by atoms with van der Waals surface area (Å²) in [5.74, 6) is 1.42. The van der Waals surface area contributed by atoms with Crippen LogP contribution in [0.5, 0.6) is 0 Å². The van der Waals surface area contributed by atoms with Gasteiger partial charge in [0.1, 0.15) is 23.8 Å². The second-order valence-corrected chi connectivity index (χ2v) is 7.55. The lowest BCUT2D eigenvalue weighted by Gasteiger charge is -2.31. The number of para-hydroxylation sites is 1. The molecule has 1 aliphatic rings. The summed E-state index contributed by atoms with van der Waals surface area (Å²) in [6.45, 7) is 1.59. The molecule has 1 atom stereocenters. The van der Waals surface area contributed by atoms with E-state index in [4.69, 9.17) is 16.6 Å². The molecule has 1 aromatic carbocycles. The number of nitrogens with zero attached hydrogens (tertiary/aromatic N) is 5. The number of pyridine rings is 1. The molecule has 1 saturated heterocycles. The van der Waals surface area contributed by atoms with Crippen LogP contribution in [0.1, 0.15) is 18.4 Å². The highest BCUT2D eigenvalue weighted by molar-refractivity contribution is 6.35. The number of imidazole rings is 1. The number of benzene rings is 1. The van der Waals surface area contributed by atoms with Crippen LogP contribution in [0, 0.1) is 0 Å². The van der Waals surface area contributed by atoms with Crippen LogP contribution in [0.3, 0.4) is 0 Å². The zero-order chi connectivity index (χ0) is 19.8. The fraction of sp³-hybridized carbons (Fsp3) is 0.300. The van der Waals surface area contributed by atoms with Crippen LogP contribution in [0.2, 0.25) is 5.02 Å². The van der Waals surface area contributed by atoms with Gasteiger partial charge in [-0.25, -0.2) is 24.3 Å². The van der Waals surface area contributed by atoms with E-state index in [1.165, 1.54) is 6.33 Å². The lowest BCUT2D eigenvalue weighted by molar-refractivity contribution is 0.286. The van der Waals surface area contributed by atoms with E-state index in [9.17, 15) is 4.39 Å². The minimum atomic E-state index is -0.847. The highest BCUT2D eigenvalue weighted by Gasteiger charge is 2.23. The maximum absolute atomic E-state index is 14.1. The Labute approximate surface area is 171 Å². The van der Waals surface area contributed by atoms with Crippen molar-refractivity contribution < 1.29 is 4.39 Å². The van der Waals surface area contributed by atoms with Gasteiger partial charge in [0, 0.05) is 24.0 Å².